The molecule has 0 bridgehead atoms. The fourth-order valence-electron chi connectivity index (χ4n) is 1.44. The Morgan fingerprint density at radius 3 is 2.57 bits per heavy atom. The van der Waals surface area contributed by atoms with Gasteiger partial charge >= 0.3 is 0 Å². The summed E-state index contributed by atoms with van der Waals surface area (Å²) >= 11 is 3.47. The summed E-state index contributed by atoms with van der Waals surface area (Å²) < 4.78 is 0.965. The first-order valence-electron chi connectivity index (χ1n) is 4.19. The van der Waals surface area contributed by atoms with Crippen molar-refractivity contribution in [1.29, 1.82) is 5.26 Å². The van der Waals surface area contributed by atoms with Crippen LogP contribution in [-0.4, -0.2) is 4.98 Å². The summed E-state index contributed by atoms with van der Waals surface area (Å²) in [6.07, 6.45) is 0. The van der Waals surface area contributed by atoms with Gasteiger partial charge in [0.05, 0.1) is 5.69 Å². The minimum Gasteiger partial charge on any atom is -0.241 e. The number of hydrogen-bond acceptors (Lipinski definition) is 2. The molecule has 0 N–H and O–H groups in total. The van der Waals surface area contributed by atoms with Crippen LogP contribution < -0.4 is 0 Å². The van der Waals surface area contributed by atoms with Gasteiger partial charge in [-0.25, -0.2) is 4.98 Å². The third-order valence-electron chi connectivity index (χ3n) is 2.12. The van der Waals surface area contributed by atoms with Crippen LogP contribution in [0.5, 0.6) is 0 Å². The standard InChI is InChI=1S/C11H7BrN2/c1-7-11(12)9-5-3-2-4-8(9)10(6-13)14-7/h2-5H,1H3. The molecule has 2 rings (SSSR count). The zero-order chi connectivity index (χ0) is 10.1. The second-order valence-electron chi connectivity index (χ2n) is 3.02. The van der Waals surface area contributed by atoms with Crippen LogP contribution in [0.4, 0.5) is 0 Å². The van der Waals surface area contributed by atoms with Gasteiger partial charge in [0, 0.05) is 15.2 Å². The smallest absolute Gasteiger partial charge is 0.148 e. The average Bonchev–Trinajstić information content (AvgIpc) is 2.23. The first-order valence-corrected chi connectivity index (χ1v) is 4.98. The van der Waals surface area contributed by atoms with Crippen molar-refractivity contribution >= 4 is 26.7 Å². The molecule has 0 radical (unpaired) electrons. The number of benzene rings is 1. The van der Waals surface area contributed by atoms with Crippen LogP contribution in [0.2, 0.25) is 0 Å². The lowest BCUT2D eigenvalue weighted by atomic mass is 10.1. The van der Waals surface area contributed by atoms with Gasteiger partial charge < -0.3 is 0 Å². The predicted octanol–water partition coefficient (Wildman–Crippen LogP) is 3.18. The first-order chi connectivity index (χ1) is 6.74. The van der Waals surface area contributed by atoms with E-state index >= 15 is 0 Å². The Labute approximate surface area is 90.3 Å². The van der Waals surface area contributed by atoms with E-state index in [0.29, 0.717) is 5.69 Å². The number of aromatic nitrogens is 1. The monoisotopic (exact) mass is 246 g/mol. The number of nitriles is 1. The Balaban J connectivity index is 2.99. The highest BCUT2D eigenvalue weighted by Crippen LogP contribution is 2.27. The number of halogens is 1. The Morgan fingerprint density at radius 1 is 1.29 bits per heavy atom. The van der Waals surface area contributed by atoms with Gasteiger partial charge in [0.25, 0.3) is 0 Å². The van der Waals surface area contributed by atoms with Crippen LogP contribution in [0.1, 0.15) is 11.4 Å². The van der Waals surface area contributed by atoms with E-state index in [1.807, 2.05) is 31.2 Å². The number of aryl methyl sites for hydroxylation is 1. The summed E-state index contributed by atoms with van der Waals surface area (Å²) in [5, 5.41) is 10.9. The molecule has 0 amide bonds. The maximum absolute atomic E-state index is 8.92. The zero-order valence-electron chi connectivity index (χ0n) is 7.58. The number of rotatable bonds is 0. The summed E-state index contributed by atoms with van der Waals surface area (Å²) in [4.78, 5) is 4.21. The molecule has 1 heterocycles. The highest BCUT2D eigenvalue weighted by Gasteiger charge is 2.07. The maximum atomic E-state index is 8.92. The molecule has 0 spiro atoms. The largest absolute Gasteiger partial charge is 0.241 e. The third-order valence-corrected chi connectivity index (χ3v) is 3.12. The Hall–Kier alpha value is -1.40. The molecule has 68 valence electrons. The molecule has 0 aliphatic rings. The van der Waals surface area contributed by atoms with E-state index in [-0.39, 0.29) is 0 Å². The Kier molecular flexibility index (Phi) is 2.22. The van der Waals surface area contributed by atoms with Crippen molar-refractivity contribution < 1.29 is 0 Å². The summed E-state index contributed by atoms with van der Waals surface area (Å²) in [5.41, 5.74) is 1.33. The second kappa shape index (κ2) is 3.39. The average molecular weight is 247 g/mol. The van der Waals surface area contributed by atoms with E-state index in [1.165, 1.54) is 0 Å². The fraction of sp³-hybridized carbons (Fsp3) is 0.0909. The maximum Gasteiger partial charge on any atom is 0.148 e. The van der Waals surface area contributed by atoms with E-state index in [1.54, 1.807) is 0 Å². The van der Waals surface area contributed by atoms with Crippen LogP contribution in [0.25, 0.3) is 10.8 Å². The van der Waals surface area contributed by atoms with Crippen LogP contribution in [0.15, 0.2) is 28.7 Å². The van der Waals surface area contributed by atoms with E-state index in [0.717, 1.165) is 20.9 Å². The number of hydrogen-bond donors (Lipinski definition) is 0. The topological polar surface area (TPSA) is 36.7 Å². The summed E-state index contributed by atoms with van der Waals surface area (Å²) in [5.74, 6) is 0. The van der Waals surface area contributed by atoms with E-state index in [4.69, 9.17) is 5.26 Å². The van der Waals surface area contributed by atoms with Gasteiger partial charge in [0.2, 0.25) is 0 Å². The highest BCUT2D eigenvalue weighted by atomic mass is 79.9. The Morgan fingerprint density at radius 2 is 1.93 bits per heavy atom. The summed E-state index contributed by atoms with van der Waals surface area (Å²) in [7, 11) is 0. The van der Waals surface area contributed by atoms with Crippen molar-refractivity contribution in [3.63, 3.8) is 0 Å². The summed E-state index contributed by atoms with van der Waals surface area (Å²) in [6.45, 7) is 1.89. The molecule has 2 aromatic rings. The number of nitrogens with zero attached hydrogens (tertiary/aromatic N) is 2. The molecule has 0 atom stereocenters. The van der Waals surface area contributed by atoms with Crippen molar-refractivity contribution in [2.24, 2.45) is 0 Å². The van der Waals surface area contributed by atoms with Crippen molar-refractivity contribution in [3.05, 3.63) is 40.1 Å². The molecule has 1 aromatic heterocycles. The van der Waals surface area contributed by atoms with Crippen molar-refractivity contribution in [2.45, 2.75) is 6.92 Å². The minimum absolute atomic E-state index is 0.487. The van der Waals surface area contributed by atoms with Crippen molar-refractivity contribution in [1.82, 2.24) is 4.98 Å². The van der Waals surface area contributed by atoms with Crippen LogP contribution in [0.3, 0.4) is 0 Å². The van der Waals surface area contributed by atoms with Gasteiger partial charge in [-0.05, 0) is 22.9 Å². The molecule has 2 nitrogen and oxygen atoms in total. The van der Waals surface area contributed by atoms with Gasteiger partial charge in [-0.2, -0.15) is 5.26 Å². The van der Waals surface area contributed by atoms with E-state index in [9.17, 15) is 0 Å². The van der Waals surface area contributed by atoms with Gasteiger partial charge in [-0.1, -0.05) is 24.3 Å². The molecule has 0 saturated heterocycles. The molecule has 0 aliphatic carbocycles. The minimum atomic E-state index is 0.487. The molecule has 3 heteroatoms. The number of pyridine rings is 1. The number of fused-ring (bicyclic) bond motifs is 1. The molecular formula is C11H7BrN2. The van der Waals surface area contributed by atoms with Crippen LogP contribution in [0, 0.1) is 18.3 Å². The van der Waals surface area contributed by atoms with E-state index < -0.39 is 0 Å². The van der Waals surface area contributed by atoms with Gasteiger partial charge in [0.1, 0.15) is 11.8 Å². The van der Waals surface area contributed by atoms with Gasteiger partial charge in [-0.3, -0.25) is 0 Å². The van der Waals surface area contributed by atoms with Gasteiger partial charge in [-0.15, -0.1) is 0 Å². The molecule has 0 unspecified atom stereocenters. The molecule has 0 aliphatic heterocycles. The normalized spacial score (nSPS) is 10.1. The van der Waals surface area contributed by atoms with Crippen LogP contribution in [-0.2, 0) is 0 Å². The lowest BCUT2D eigenvalue weighted by molar-refractivity contribution is 1.17. The summed E-state index contributed by atoms with van der Waals surface area (Å²) in [6, 6.07) is 9.86. The zero-order valence-corrected chi connectivity index (χ0v) is 9.17. The lowest BCUT2D eigenvalue weighted by Crippen LogP contribution is -1.91. The molecule has 14 heavy (non-hydrogen) atoms. The SMILES string of the molecule is Cc1nc(C#N)c2ccccc2c1Br. The quantitative estimate of drug-likeness (QED) is 0.716. The van der Waals surface area contributed by atoms with Crippen LogP contribution >= 0.6 is 15.9 Å². The highest BCUT2D eigenvalue weighted by molar-refractivity contribution is 9.10. The molecule has 1 aromatic carbocycles. The second-order valence-corrected chi connectivity index (χ2v) is 3.81. The third kappa shape index (κ3) is 1.28. The molecule has 0 saturated carbocycles. The molecular weight excluding hydrogens is 240 g/mol. The van der Waals surface area contributed by atoms with Gasteiger partial charge in [0.15, 0.2) is 0 Å². The fourth-order valence-corrected chi connectivity index (χ4v) is 1.87. The predicted molar refractivity (Wildman–Crippen MR) is 58.9 cm³/mol. The molecule has 0 fully saturated rings. The Bertz CT molecular complexity index is 541. The first kappa shape index (κ1) is 9.17. The van der Waals surface area contributed by atoms with E-state index in [2.05, 4.69) is 27.0 Å². The van der Waals surface area contributed by atoms with Crippen molar-refractivity contribution in [2.75, 3.05) is 0 Å². The van der Waals surface area contributed by atoms with Crippen molar-refractivity contribution in [3.8, 4) is 6.07 Å². The lowest BCUT2D eigenvalue weighted by Gasteiger charge is -2.04.